The van der Waals surface area contributed by atoms with Crippen molar-refractivity contribution in [3.63, 3.8) is 0 Å². The van der Waals surface area contributed by atoms with Gasteiger partial charge in [-0.2, -0.15) is 5.26 Å². The van der Waals surface area contributed by atoms with Crippen LogP contribution in [0.1, 0.15) is 5.56 Å². The largest absolute Gasteiger partial charge is 0.309 e. The number of hydrogen-bond donors (Lipinski definition) is 0. The minimum absolute atomic E-state index is 0.567. The molecule has 0 aliphatic rings. The molecular formula is C50H29N5. The highest BCUT2D eigenvalue weighted by atomic mass is 15.0. The molecule has 0 N–H and O–H groups in total. The van der Waals surface area contributed by atoms with Gasteiger partial charge in [0.1, 0.15) is 6.07 Å². The second-order valence-corrected chi connectivity index (χ2v) is 13.9. The van der Waals surface area contributed by atoms with E-state index in [0.717, 1.165) is 82.8 Å². The Hall–Kier alpha value is -7.86. The van der Waals surface area contributed by atoms with E-state index in [1.807, 2.05) is 48.5 Å². The average Bonchev–Trinajstić information content (AvgIpc) is 3.89. The zero-order chi connectivity index (χ0) is 36.6. The molecule has 8 aromatic carbocycles. The summed E-state index contributed by atoms with van der Waals surface area (Å²) in [5.74, 6) is 0. The lowest BCUT2D eigenvalue weighted by Crippen LogP contribution is -2.02. The summed E-state index contributed by atoms with van der Waals surface area (Å²) in [6.45, 7) is 7.93. The van der Waals surface area contributed by atoms with Gasteiger partial charge in [-0.05, 0) is 60.0 Å². The van der Waals surface area contributed by atoms with E-state index >= 15 is 0 Å². The number of nitriles is 1. The smallest absolute Gasteiger partial charge is 0.197 e. The molecule has 3 aromatic heterocycles. The number of rotatable bonds is 4. The van der Waals surface area contributed by atoms with E-state index in [1.54, 1.807) is 0 Å². The third-order valence-corrected chi connectivity index (χ3v) is 11.1. The first kappa shape index (κ1) is 30.7. The zero-order valence-corrected chi connectivity index (χ0v) is 29.5. The van der Waals surface area contributed by atoms with E-state index in [0.29, 0.717) is 11.3 Å². The summed E-state index contributed by atoms with van der Waals surface area (Å²) < 4.78 is 6.86. The standard InChI is InChI=1S/C50H29N5/c1-52-41-20-13-27-48-50(41)39-18-6-11-25-46(39)54(48)47-26-12-19-33(40(47)31-51)34-14-2-9-23-44(34)55-45-24-10-5-17-37(45)38-29-28-32(30-49(38)55)53-42-21-7-3-15-35(42)36-16-4-8-22-43(36)53/h2-30H. The highest BCUT2D eigenvalue weighted by molar-refractivity contribution is 6.16. The van der Waals surface area contributed by atoms with Gasteiger partial charge in [-0.25, -0.2) is 4.85 Å². The molecule has 254 valence electrons. The molecule has 0 saturated carbocycles. The molecular weight excluding hydrogens is 671 g/mol. The molecule has 0 atom stereocenters. The van der Waals surface area contributed by atoms with Crippen molar-refractivity contribution in [2.75, 3.05) is 0 Å². The molecule has 5 nitrogen and oxygen atoms in total. The molecule has 0 fully saturated rings. The maximum atomic E-state index is 11.1. The van der Waals surface area contributed by atoms with E-state index in [-0.39, 0.29) is 0 Å². The number of aromatic nitrogens is 3. The molecule has 0 radical (unpaired) electrons. The van der Waals surface area contributed by atoms with Gasteiger partial charge in [0.25, 0.3) is 0 Å². The SMILES string of the molecule is [C-]#[N+]c1cccc2c1c1ccccc1n2-c1cccc(-c2ccccc2-n2c3ccccc3c3ccc(-n4c5ccccc5c5ccccc54)cc32)c1C#N. The van der Waals surface area contributed by atoms with Crippen LogP contribution in [0.5, 0.6) is 0 Å². The lowest BCUT2D eigenvalue weighted by Gasteiger charge is -2.18. The van der Waals surface area contributed by atoms with Gasteiger partial charge in [-0.1, -0.05) is 121 Å². The van der Waals surface area contributed by atoms with Crippen molar-refractivity contribution in [1.82, 2.24) is 13.7 Å². The van der Waals surface area contributed by atoms with Crippen LogP contribution in [0.3, 0.4) is 0 Å². The summed E-state index contributed by atoms with van der Waals surface area (Å²) in [6, 6.07) is 63.6. The second kappa shape index (κ2) is 11.8. The van der Waals surface area contributed by atoms with E-state index in [4.69, 9.17) is 6.57 Å². The van der Waals surface area contributed by atoms with Gasteiger partial charge in [-0.15, -0.1) is 0 Å². The van der Waals surface area contributed by atoms with E-state index in [2.05, 4.69) is 152 Å². The Labute approximate surface area is 316 Å². The summed E-state index contributed by atoms with van der Waals surface area (Å²) in [6.07, 6.45) is 0. The Morgan fingerprint density at radius 1 is 0.418 bits per heavy atom. The number of para-hydroxylation sites is 5. The van der Waals surface area contributed by atoms with Crippen LogP contribution in [0.25, 0.3) is 98.5 Å². The number of benzene rings is 8. The van der Waals surface area contributed by atoms with Crippen LogP contribution in [0.4, 0.5) is 5.69 Å². The van der Waals surface area contributed by atoms with Crippen molar-refractivity contribution >= 4 is 71.1 Å². The van der Waals surface area contributed by atoms with Gasteiger partial charge in [0, 0.05) is 49.3 Å². The predicted octanol–water partition coefficient (Wildman–Crippen LogP) is 13.1. The van der Waals surface area contributed by atoms with Crippen molar-refractivity contribution in [1.29, 1.82) is 5.26 Å². The first-order chi connectivity index (χ1) is 27.2. The quantitative estimate of drug-likeness (QED) is 0.169. The Morgan fingerprint density at radius 2 is 0.909 bits per heavy atom. The molecule has 0 unspecified atom stereocenters. The molecule has 11 rings (SSSR count). The Kier molecular flexibility index (Phi) is 6.61. The van der Waals surface area contributed by atoms with Crippen LogP contribution in [-0.4, -0.2) is 13.7 Å². The second-order valence-electron chi connectivity index (χ2n) is 13.9. The molecule has 0 aliphatic carbocycles. The highest BCUT2D eigenvalue weighted by Gasteiger charge is 2.22. The van der Waals surface area contributed by atoms with E-state index in [9.17, 15) is 5.26 Å². The zero-order valence-electron chi connectivity index (χ0n) is 29.5. The third kappa shape index (κ3) is 4.33. The van der Waals surface area contributed by atoms with Crippen molar-refractivity contribution in [2.24, 2.45) is 0 Å². The normalized spacial score (nSPS) is 11.6. The minimum atomic E-state index is 0.567. The molecule has 3 heterocycles. The molecule has 0 aliphatic heterocycles. The van der Waals surface area contributed by atoms with Crippen molar-refractivity contribution < 1.29 is 0 Å². The van der Waals surface area contributed by atoms with Gasteiger partial charge >= 0.3 is 0 Å². The van der Waals surface area contributed by atoms with Gasteiger partial charge in [0.2, 0.25) is 0 Å². The monoisotopic (exact) mass is 699 g/mol. The van der Waals surface area contributed by atoms with Gasteiger partial charge in [0.05, 0.1) is 51.1 Å². The molecule has 5 heteroatoms. The maximum absolute atomic E-state index is 11.1. The Bertz CT molecular complexity index is 3420. The van der Waals surface area contributed by atoms with Gasteiger partial charge in [0.15, 0.2) is 5.69 Å². The molecule has 11 aromatic rings. The number of hydrogen-bond acceptors (Lipinski definition) is 1. The van der Waals surface area contributed by atoms with Gasteiger partial charge in [-0.3, -0.25) is 0 Å². The minimum Gasteiger partial charge on any atom is -0.309 e. The van der Waals surface area contributed by atoms with E-state index in [1.165, 1.54) is 10.8 Å². The third-order valence-electron chi connectivity index (χ3n) is 11.1. The van der Waals surface area contributed by atoms with Gasteiger partial charge < -0.3 is 13.7 Å². The van der Waals surface area contributed by atoms with Crippen LogP contribution in [0.2, 0.25) is 0 Å². The molecule has 55 heavy (non-hydrogen) atoms. The summed E-state index contributed by atoms with van der Waals surface area (Å²) in [7, 11) is 0. The lowest BCUT2D eigenvalue weighted by molar-refractivity contribution is 1.15. The number of nitrogens with zero attached hydrogens (tertiary/aromatic N) is 5. The van der Waals surface area contributed by atoms with Crippen LogP contribution < -0.4 is 0 Å². The Morgan fingerprint density at radius 3 is 1.58 bits per heavy atom. The van der Waals surface area contributed by atoms with Crippen LogP contribution in [0, 0.1) is 17.9 Å². The van der Waals surface area contributed by atoms with Crippen LogP contribution in [-0.2, 0) is 0 Å². The molecule has 0 amide bonds. The maximum Gasteiger partial charge on any atom is 0.197 e. The number of fused-ring (bicyclic) bond motifs is 9. The van der Waals surface area contributed by atoms with Crippen molar-refractivity contribution in [2.45, 2.75) is 0 Å². The fourth-order valence-electron chi connectivity index (χ4n) is 8.88. The first-order valence-corrected chi connectivity index (χ1v) is 18.3. The molecule has 0 spiro atoms. The van der Waals surface area contributed by atoms with Crippen molar-refractivity contribution in [3.05, 3.63) is 193 Å². The lowest BCUT2D eigenvalue weighted by atomic mass is 9.96. The van der Waals surface area contributed by atoms with Crippen LogP contribution in [0.15, 0.2) is 176 Å². The summed E-state index contributed by atoms with van der Waals surface area (Å²) in [5, 5.41) is 17.7. The van der Waals surface area contributed by atoms with Crippen molar-refractivity contribution in [3.8, 4) is 34.3 Å². The summed E-state index contributed by atoms with van der Waals surface area (Å²) >= 11 is 0. The first-order valence-electron chi connectivity index (χ1n) is 18.3. The Balaban J connectivity index is 1.19. The molecule has 0 bridgehead atoms. The fraction of sp³-hybridized carbons (Fsp3) is 0. The van der Waals surface area contributed by atoms with E-state index < -0.39 is 0 Å². The summed E-state index contributed by atoms with van der Waals surface area (Å²) in [4.78, 5) is 3.87. The fourth-order valence-corrected chi connectivity index (χ4v) is 8.88. The average molecular weight is 700 g/mol. The molecule has 0 saturated heterocycles. The van der Waals surface area contributed by atoms with Crippen LogP contribution >= 0.6 is 0 Å². The summed E-state index contributed by atoms with van der Waals surface area (Å²) in [5.41, 5.74) is 12.1. The highest BCUT2D eigenvalue weighted by Crippen LogP contribution is 2.42. The topological polar surface area (TPSA) is 42.9 Å². The predicted molar refractivity (Wildman–Crippen MR) is 226 cm³/mol.